The molecule has 1 aliphatic rings. The standard InChI is InChI=1S/C24H25NO5/c1-17-11-13-25(14-12-17)22(26)16-29-24(27)23-20(15-28-18-7-3-2-4-8-18)19-9-5-6-10-21(19)30-23/h2-10,17H,11-16H2,1H3. The molecule has 0 N–H and O–H groups in total. The van der Waals surface area contributed by atoms with Gasteiger partial charge in [-0.2, -0.15) is 0 Å². The molecule has 1 saturated heterocycles. The largest absolute Gasteiger partial charge is 0.489 e. The number of amides is 1. The van der Waals surface area contributed by atoms with Gasteiger partial charge in [0.1, 0.15) is 17.9 Å². The van der Waals surface area contributed by atoms with Gasteiger partial charge in [0.25, 0.3) is 5.91 Å². The molecular weight excluding hydrogens is 382 g/mol. The third kappa shape index (κ3) is 4.48. The first-order valence-electron chi connectivity index (χ1n) is 10.2. The molecule has 0 bridgehead atoms. The van der Waals surface area contributed by atoms with Crippen molar-refractivity contribution in [2.75, 3.05) is 19.7 Å². The van der Waals surface area contributed by atoms with Gasteiger partial charge in [0, 0.05) is 18.5 Å². The van der Waals surface area contributed by atoms with Crippen LogP contribution >= 0.6 is 0 Å². The summed E-state index contributed by atoms with van der Waals surface area (Å²) in [5, 5.41) is 0.789. The van der Waals surface area contributed by atoms with E-state index in [-0.39, 0.29) is 24.9 Å². The van der Waals surface area contributed by atoms with E-state index in [4.69, 9.17) is 13.9 Å². The van der Waals surface area contributed by atoms with Crippen molar-refractivity contribution in [3.8, 4) is 5.75 Å². The van der Waals surface area contributed by atoms with E-state index in [9.17, 15) is 9.59 Å². The smallest absolute Gasteiger partial charge is 0.375 e. The zero-order chi connectivity index (χ0) is 20.9. The van der Waals surface area contributed by atoms with E-state index in [1.54, 1.807) is 11.0 Å². The molecule has 0 atom stereocenters. The summed E-state index contributed by atoms with van der Waals surface area (Å²) in [6, 6.07) is 16.7. The molecular formula is C24H25NO5. The Hall–Kier alpha value is -3.28. The van der Waals surface area contributed by atoms with Crippen molar-refractivity contribution in [1.29, 1.82) is 0 Å². The maximum absolute atomic E-state index is 12.7. The number of rotatable bonds is 6. The van der Waals surface area contributed by atoms with Crippen LogP contribution in [0.15, 0.2) is 59.0 Å². The molecule has 0 saturated carbocycles. The fourth-order valence-electron chi connectivity index (χ4n) is 3.62. The van der Waals surface area contributed by atoms with Gasteiger partial charge in [-0.15, -0.1) is 0 Å². The Kier molecular flexibility index (Phi) is 6.02. The predicted molar refractivity (Wildman–Crippen MR) is 112 cm³/mol. The van der Waals surface area contributed by atoms with Gasteiger partial charge in [-0.1, -0.05) is 43.3 Å². The van der Waals surface area contributed by atoms with Crippen molar-refractivity contribution in [1.82, 2.24) is 4.90 Å². The van der Waals surface area contributed by atoms with Crippen LogP contribution in [0.25, 0.3) is 11.0 Å². The third-order valence-electron chi connectivity index (χ3n) is 5.47. The summed E-state index contributed by atoms with van der Waals surface area (Å²) in [7, 11) is 0. The van der Waals surface area contributed by atoms with Gasteiger partial charge in [0.15, 0.2) is 6.61 Å². The fraction of sp³-hybridized carbons (Fsp3) is 0.333. The molecule has 1 fully saturated rings. The molecule has 1 amide bonds. The summed E-state index contributed by atoms with van der Waals surface area (Å²) in [4.78, 5) is 26.9. The fourth-order valence-corrected chi connectivity index (χ4v) is 3.62. The minimum Gasteiger partial charge on any atom is -0.489 e. The van der Waals surface area contributed by atoms with Crippen molar-refractivity contribution >= 4 is 22.8 Å². The second kappa shape index (κ2) is 9.03. The van der Waals surface area contributed by atoms with Gasteiger partial charge in [-0.25, -0.2) is 4.79 Å². The number of piperidine rings is 1. The van der Waals surface area contributed by atoms with Crippen molar-refractivity contribution < 1.29 is 23.5 Å². The first-order chi connectivity index (χ1) is 14.6. The quantitative estimate of drug-likeness (QED) is 0.566. The van der Waals surface area contributed by atoms with E-state index in [1.807, 2.05) is 48.5 Å². The lowest BCUT2D eigenvalue weighted by atomic mass is 9.99. The normalized spacial score (nSPS) is 14.6. The summed E-state index contributed by atoms with van der Waals surface area (Å²) in [5.41, 5.74) is 1.19. The average molecular weight is 407 g/mol. The molecule has 3 aromatic rings. The number of hydrogen-bond acceptors (Lipinski definition) is 5. The Balaban J connectivity index is 1.47. The molecule has 0 radical (unpaired) electrons. The molecule has 6 nitrogen and oxygen atoms in total. The second-order valence-corrected chi connectivity index (χ2v) is 7.65. The average Bonchev–Trinajstić information content (AvgIpc) is 3.16. The van der Waals surface area contributed by atoms with E-state index in [0.717, 1.165) is 18.2 Å². The number of hydrogen-bond donors (Lipinski definition) is 0. The van der Waals surface area contributed by atoms with Crippen molar-refractivity contribution in [2.45, 2.75) is 26.4 Å². The van der Waals surface area contributed by atoms with Crippen LogP contribution in [0.4, 0.5) is 0 Å². The van der Waals surface area contributed by atoms with Crippen molar-refractivity contribution in [3.05, 3.63) is 65.9 Å². The number of esters is 1. The number of likely N-dealkylation sites (tertiary alicyclic amines) is 1. The zero-order valence-corrected chi connectivity index (χ0v) is 17.0. The van der Waals surface area contributed by atoms with Gasteiger partial charge in [0.2, 0.25) is 5.76 Å². The van der Waals surface area contributed by atoms with Crippen LogP contribution in [0.1, 0.15) is 35.9 Å². The van der Waals surface area contributed by atoms with E-state index < -0.39 is 5.97 Å². The number of para-hydroxylation sites is 2. The van der Waals surface area contributed by atoms with Crippen LogP contribution in [-0.4, -0.2) is 36.5 Å². The molecule has 1 aromatic heterocycles. The monoisotopic (exact) mass is 407 g/mol. The SMILES string of the molecule is CC1CCN(C(=O)COC(=O)c2oc3ccccc3c2COc2ccccc2)CC1. The zero-order valence-electron chi connectivity index (χ0n) is 17.0. The summed E-state index contributed by atoms with van der Waals surface area (Å²) in [5.74, 6) is 0.563. The first kappa shape index (κ1) is 20.0. The molecule has 2 aromatic carbocycles. The number of carbonyl (C=O) groups excluding carboxylic acids is 2. The molecule has 1 aliphatic heterocycles. The number of furan rings is 1. The van der Waals surface area contributed by atoms with Crippen LogP contribution in [0.3, 0.4) is 0 Å². The lowest BCUT2D eigenvalue weighted by molar-refractivity contribution is -0.135. The molecule has 0 spiro atoms. The molecule has 4 rings (SSSR count). The van der Waals surface area contributed by atoms with Gasteiger partial charge in [0.05, 0.1) is 5.56 Å². The van der Waals surface area contributed by atoms with Gasteiger partial charge in [-0.05, 0) is 37.0 Å². The topological polar surface area (TPSA) is 69.0 Å². The number of benzene rings is 2. The van der Waals surface area contributed by atoms with Crippen LogP contribution in [-0.2, 0) is 16.1 Å². The molecule has 30 heavy (non-hydrogen) atoms. The predicted octanol–water partition coefficient (Wildman–Crippen LogP) is 4.43. The molecule has 0 unspecified atom stereocenters. The molecule has 0 aliphatic carbocycles. The minimum absolute atomic E-state index is 0.0761. The van der Waals surface area contributed by atoms with Crippen molar-refractivity contribution in [2.24, 2.45) is 5.92 Å². The van der Waals surface area contributed by atoms with Crippen LogP contribution in [0, 0.1) is 5.92 Å². The Morgan fingerprint density at radius 2 is 1.73 bits per heavy atom. The Morgan fingerprint density at radius 3 is 2.50 bits per heavy atom. The van der Waals surface area contributed by atoms with Crippen molar-refractivity contribution in [3.63, 3.8) is 0 Å². The first-order valence-corrected chi connectivity index (χ1v) is 10.2. The molecule has 2 heterocycles. The Bertz CT molecular complexity index is 1020. The summed E-state index contributed by atoms with van der Waals surface area (Å²) < 4.78 is 16.9. The van der Waals surface area contributed by atoms with E-state index in [0.29, 0.717) is 35.9 Å². The van der Waals surface area contributed by atoms with Crippen LogP contribution < -0.4 is 4.74 Å². The number of carbonyl (C=O) groups is 2. The number of nitrogens with zero attached hydrogens (tertiary/aromatic N) is 1. The Morgan fingerprint density at radius 1 is 1.03 bits per heavy atom. The van der Waals surface area contributed by atoms with Crippen LogP contribution in [0.5, 0.6) is 5.75 Å². The highest BCUT2D eigenvalue weighted by molar-refractivity contribution is 5.96. The van der Waals surface area contributed by atoms with E-state index in [2.05, 4.69) is 6.92 Å². The number of ether oxygens (including phenoxy) is 2. The Labute approximate surface area is 175 Å². The molecule has 156 valence electrons. The molecule has 6 heteroatoms. The van der Waals surface area contributed by atoms with Crippen LogP contribution in [0.2, 0.25) is 0 Å². The van der Waals surface area contributed by atoms with Gasteiger partial charge in [-0.3, -0.25) is 4.79 Å². The summed E-state index contributed by atoms with van der Waals surface area (Å²) in [6.45, 7) is 3.46. The highest BCUT2D eigenvalue weighted by atomic mass is 16.5. The van der Waals surface area contributed by atoms with E-state index >= 15 is 0 Å². The minimum atomic E-state index is -0.656. The summed E-state index contributed by atoms with van der Waals surface area (Å²) >= 11 is 0. The van der Waals surface area contributed by atoms with Gasteiger partial charge >= 0.3 is 5.97 Å². The second-order valence-electron chi connectivity index (χ2n) is 7.65. The van der Waals surface area contributed by atoms with Gasteiger partial charge < -0.3 is 18.8 Å². The summed E-state index contributed by atoms with van der Waals surface area (Å²) in [6.07, 6.45) is 1.95. The highest BCUT2D eigenvalue weighted by Crippen LogP contribution is 2.28. The third-order valence-corrected chi connectivity index (χ3v) is 5.47. The highest BCUT2D eigenvalue weighted by Gasteiger charge is 2.25. The number of fused-ring (bicyclic) bond motifs is 1. The maximum atomic E-state index is 12.7. The maximum Gasteiger partial charge on any atom is 0.375 e. The lowest BCUT2D eigenvalue weighted by Gasteiger charge is -2.30. The van der Waals surface area contributed by atoms with E-state index in [1.165, 1.54) is 0 Å². The lowest BCUT2D eigenvalue weighted by Crippen LogP contribution is -2.40.